The third kappa shape index (κ3) is 6.23. The Bertz CT molecular complexity index is 477. The zero-order valence-electron chi connectivity index (χ0n) is 10.5. The lowest BCUT2D eigenvalue weighted by atomic mass is 10.1. The summed E-state index contributed by atoms with van der Waals surface area (Å²) in [5.74, 6) is 1.63. The maximum absolute atomic E-state index is 10.6. The summed E-state index contributed by atoms with van der Waals surface area (Å²) in [5.41, 5.74) is 2.35. The summed E-state index contributed by atoms with van der Waals surface area (Å²) in [7, 11) is -3.67. The van der Waals surface area contributed by atoms with E-state index in [1.165, 1.54) is 5.56 Å². The predicted molar refractivity (Wildman–Crippen MR) is 79.4 cm³/mol. The molecule has 1 N–H and O–H groups in total. The molecular formula is C13H19O3S2+. The van der Waals surface area contributed by atoms with Crippen LogP contribution in [0.15, 0.2) is 30.8 Å². The van der Waals surface area contributed by atoms with Gasteiger partial charge in [-0.1, -0.05) is 36.9 Å². The van der Waals surface area contributed by atoms with E-state index >= 15 is 0 Å². The Labute approximate surface area is 112 Å². The van der Waals surface area contributed by atoms with E-state index < -0.39 is 10.1 Å². The maximum Gasteiger partial charge on any atom is 0.265 e. The Kier molecular flexibility index (Phi) is 5.91. The second kappa shape index (κ2) is 6.97. The summed E-state index contributed by atoms with van der Waals surface area (Å²) in [5, 5.41) is 0. The molecule has 1 unspecified atom stereocenters. The molecule has 1 aromatic rings. The Morgan fingerprint density at radius 2 is 1.94 bits per heavy atom. The van der Waals surface area contributed by atoms with Gasteiger partial charge in [0.2, 0.25) is 0 Å². The topological polar surface area (TPSA) is 54.4 Å². The van der Waals surface area contributed by atoms with Gasteiger partial charge < -0.3 is 0 Å². The molecule has 0 amide bonds. The van der Waals surface area contributed by atoms with Gasteiger partial charge in [0.05, 0.1) is 12.0 Å². The highest BCUT2D eigenvalue weighted by Crippen LogP contribution is 2.11. The van der Waals surface area contributed by atoms with Gasteiger partial charge in [-0.3, -0.25) is 4.55 Å². The molecule has 1 aromatic carbocycles. The Hall–Kier alpha value is -0.780. The molecule has 3 nitrogen and oxygen atoms in total. The highest BCUT2D eigenvalue weighted by Gasteiger charge is 2.14. The summed E-state index contributed by atoms with van der Waals surface area (Å²) < 4.78 is 29.8. The fourth-order valence-corrected chi connectivity index (χ4v) is 3.83. The van der Waals surface area contributed by atoms with Crippen LogP contribution in [-0.4, -0.2) is 30.7 Å². The Balaban J connectivity index is 2.39. The van der Waals surface area contributed by atoms with Crippen molar-refractivity contribution in [1.82, 2.24) is 0 Å². The lowest BCUT2D eigenvalue weighted by Gasteiger charge is -2.04. The van der Waals surface area contributed by atoms with Crippen molar-refractivity contribution in [1.29, 1.82) is 0 Å². The average molecular weight is 287 g/mol. The Morgan fingerprint density at radius 3 is 2.44 bits per heavy atom. The molecule has 0 aliphatic rings. The highest BCUT2D eigenvalue weighted by molar-refractivity contribution is 7.95. The Morgan fingerprint density at radius 1 is 1.33 bits per heavy atom. The SMILES string of the molecule is C=Cc1ccc(C[S+](C)CCCS(=O)(=O)O)cc1. The van der Waals surface area contributed by atoms with Crippen LogP contribution in [0.3, 0.4) is 0 Å². The lowest BCUT2D eigenvalue weighted by molar-refractivity contribution is 0.482. The zero-order chi connectivity index (χ0) is 13.6. The average Bonchev–Trinajstić information content (AvgIpc) is 2.28. The van der Waals surface area contributed by atoms with Crippen LogP contribution in [0.25, 0.3) is 6.08 Å². The highest BCUT2D eigenvalue weighted by atomic mass is 32.2. The molecule has 0 heterocycles. The first-order chi connectivity index (χ1) is 8.40. The molecule has 0 bridgehead atoms. The molecule has 0 aliphatic carbocycles. The summed E-state index contributed by atoms with van der Waals surface area (Å²) in [4.78, 5) is 0. The van der Waals surface area contributed by atoms with Gasteiger partial charge in [-0.05, 0) is 16.5 Å². The quantitative estimate of drug-likeness (QED) is 0.618. The van der Waals surface area contributed by atoms with E-state index in [-0.39, 0.29) is 16.6 Å². The molecular weight excluding hydrogens is 268 g/mol. The molecule has 0 spiro atoms. The predicted octanol–water partition coefficient (Wildman–Crippen LogP) is 2.36. The van der Waals surface area contributed by atoms with Gasteiger partial charge in [0.1, 0.15) is 11.5 Å². The molecule has 0 aliphatic heterocycles. The zero-order valence-corrected chi connectivity index (χ0v) is 12.1. The molecule has 5 heteroatoms. The van der Waals surface area contributed by atoms with Crippen LogP contribution < -0.4 is 0 Å². The minimum atomic E-state index is -3.81. The van der Waals surface area contributed by atoms with Gasteiger partial charge in [-0.15, -0.1) is 0 Å². The molecule has 1 rings (SSSR count). The van der Waals surface area contributed by atoms with Gasteiger partial charge in [0.25, 0.3) is 10.1 Å². The van der Waals surface area contributed by atoms with Gasteiger partial charge in [0, 0.05) is 12.0 Å². The third-order valence-corrected chi connectivity index (χ3v) is 5.14. The van der Waals surface area contributed by atoms with Crippen LogP contribution in [-0.2, 0) is 26.8 Å². The van der Waals surface area contributed by atoms with Crippen molar-refractivity contribution in [3.05, 3.63) is 42.0 Å². The molecule has 100 valence electrons. The van der Waals surface area contributed by atoms with Crippen LogP contribution in [0.2, 0.25) is 0 Å². The first kappa shape index (κ1) is 15.3. The fraction of sp³-hybridized carbons (Fsp3) is 0.385. The fourth-order valence-electron chi connectivity index (χ4n) is 1.59. The lowest BCUT2D eigenvalue weighted by Crippen LogP contribution is -2.13. The summed E-state index contributed by atoms with van der Waals surface area (Å²) in [6.45, 7) is 3.71. The largest absolute Gasteiger partial charge is 0.286 e. The van der Waals surface area contributed by atoms with Gasteiger partial charge in [0.15, 0.2) is 0 Å². The van der Waals surface area contributed by atoms with Crippen molar-refractivity contribution < 1.29 is 13.0 Å². The van der Waals surface area contributed by atoms with E-state index in [1.807, 2.05) is 18.2 Å². The van der Waals surface area contributed by atoms with Crippen LogP contribution in [0.4, 0.5) is 0 Å². The molecule has 0 fully saturated rings. The molecule has 1 atom stereocenters. The normalized spacial score (nSPS) is 13.2. The molecule has 0 saturated carbocycles. The van der Waals surface area contributed by atoms with Crippen molar-refractivity contribution in [3.8, 4) is 0 Å². The van der Waals surface area contributed by atoms with Crippen molar-refractivity contribution in [3.63, 3.8) is 0 Å². The van der Waals surface area contributed by atoms with Crippen molar-refractivity contribution in [2.45, 2.75) is 12.2 Å². The van der Waals surface area contributed by atoms with E-state index in [4.69, 9.17) is 4.55 Å². The monoisotopic (exact) mass is 287 g/mol. The summed E-state index contributed by atoms with van der Waals surface area (Å²) in [6, 6.07) is 8.20. The number of hydrogen-bond acceptors (Lipinski definition) is 2. The molecule has 0 aromatic heterocycles. The second-order valence-electron chi connectivity index (χ2n) is 4.22. The van der Waals surface area contributed by atoms with Crippen LogP contribution in [0.5, 0.6) is 0 Å². The van der Waals surface area contributed by atoms with Crippen molar-refractivity contribution in [2.24, 2.45) is 0 Å². The van der Waals surface area contributed by atoms with Crippen molar-refractivity contribution >= 4 is 27.1 Å². The van der Waals surface area contributed by atoms with Crippen LogP contribution >= 0.6 is 0 Å². The van der Waals surface area contributed by atoms with Gasteiger partial charge in [-0.25, -0.2) is 0 Å². The van der Waals surface area contributed by atoms with E-state index in [0.29, 0.717) is 6.42 Å². The smallest absolute Gasteiger partial charge is 0.265 e. The number of benzene rings is 1. The van der Waals surface area contributed by atoms with Crippen LogP contribution in [0.1, 0.15) is 17.5 Å². The minimum Gasteiger partial charge on any atom is -0.286 e. The summed E-state index contributed by atoms with van der Waals surface area (Å²) >= 11 is 0. The number of rotatable bonds is 7. The van der Waals surface area contributed by atoms with Gasteiger partial charge in [-0.2, -0.15) is 8.42 Å². The summed E-state index contributed by atoms with van der Waals surface area (Å²) in [6.07, 6.45) is 4.44. The molecule has 0 saturated heterocycles. The van der Waals surface area contributed by atoms with E-state index in [9.17, 15) is 8.42 Å². The van der Waals surface area contributed by atoms with Crippen molar-refractivity contribution in [2.75, 3.05) is 17.8 Å². The minimum absolute atomic E-state index is 0.134. The maximum atomic E-state index is 10.6. The number of hydrogen-bond donors (Lipinski definition) is 1. The standard InChI is InChI=1S/C13H18O3S2/c1-3-12-5-7-13(8-6-12)11-17(2)9-4-10-18(14,15)16/h3,5-8H,1,4,9-11H2,2H3/p+1. The van der Waals surface area contributed by atoms with E-state index in [1.54, 1.807) is 0 Å². The third-order valence-electron chi connectivity index (χ3n) is 2.52. The van der Waals surface area contributed by atoms with E-state index in [0.717, 1.165) is 17.1 Å². The van der Waals surface area contributed by atoms with Gasteiger partial charge >= 0.3 is 0 Å². The van der Waals surface area contributed by atoms with E-state index in [2.05, 4.69) is 25.0 Å². The van der Waals surface area contributed by atoms with Crippen LogP contribution in [0, 0.1) is 0 Å². The first-order valence-electron chi connectivity index (χ1n) is 5.66. The second-order valence-corrected chi connectivity index (χ2v) is 8.05. The first-order valence-corrected chi connectivity index (χ1v) is 9.24. The molecule has 0 radical (unpaired) electrons. The molecule has 18 heavy (non-hydrogen) atoms.